The van der Waals surface area contributed by atoms with E-state index in [4.69, 9.17) is 9.47 Å². The van der Waals surface area contributed by atoms with Gasteiger partial charge in [0.25, 0.3) is 0 Å². The van der Waals surface area contributed by atoms with Crippen LogP contribution < -0.4 is 9.47 Å². The fourth-order valence-electron chi connectivity index (χ4n) is 3.44. The number of hydrogen-bond acceptors (Lipinski definition) is 4. The van der Waals surface area contributed by atoms with E-state index in [-0.39, 0.29) is 18.1 Å². The Morgan fingerprint density at radius 1 is 0.867 bits per heavy atom. The lowest BCUT2D eigenvalue weighted by atomic mass is 9.78. The van der Waals surface area contributed by atoms with Crippen LogP contribution in [0.3, 0.4) is 0 Å². The van der Waals surface area contributed by atoms with Crippen molar-refractivity contribution in [2.45, 2.75) is 18.3 Å². The molecular weight excluding hydrogens is 442 g/mol. The summed E-state index contributed by atoms with van der Waals surface area (Å²) in [5, 5.41) is 10.0. The minimum absolute atomic E-state index is 0.0177. The van der Waals surface area contributed by atoms with Crippen LogP contribution in [0.15, 0.2) is 77.3 Å². The number of ketones is 1. The van der Waals surface area contributed by atoms with Crippen molar-refractivity contribution in [1.29, 1.82) is 5.26 Å². The molecule has 0 amide bonds. The number of rotatable bonds is 8. The molecule has 0 radical (unpaired) electrons. The van der Waals surface area contributed by atoms with E-state index < -0.39 is 5.92 Å². The monoisotopic (exact) mass is 463 g/mol. The van der Waals surface area contributed by atoms with Crippen molar-refractivity contribution >= 4 is 21.7 Å². The van der Waals surface area contributed by atoms with E-state index in [1.54, 1.807) is 38.5 Å². The summed E-state index contributed by atoms with van der Waals surface area (Å²) < 4.78 is 11.4. The van der Waals surface area contributed by atoms with Crippen molar-refractivity contribution in [2.75, 3.05) is 14.2 Å². The summed E-state index contributed by atoms with van der Waals surface area (Å²) >= 11 is 3.44. The second kappa shape index (κ2) is 10.1. The molecule has 152 valence electrons. The van der Waals surface area contributed by atoms with Gasteiger partial charge in [-0.05, 0) is 59.7 Å². The van der Waals surface area contributed by atoms with Crippen LogP contribution in [0, 0.1) is 11.3 Å². The van der Waals surface area contributed by atoms with Crippen LogP contribution in [-0.2, 0) is 0 Å². The van der Waals surface area contributed by atoms with Crippen LogP contribution in [-0.4, -0.2) is 20.0 Å². The number of methoxy groups -OCH3 is 2. The van der Waals surface area contributed by atoms with Gasteiger partial charge in [-0.25, -0.2) is 0 Å². The molecule has 0 aromatic heterocycles. The van der Waals surface area contributed by atoms with Crippen LogP contribution in [0.2, 0.25) is 0 Å². The molecule has 3 rings (SSSR count). The van der Waals surface area contributed by atoms with Crippen molar-refractivity contribution < 1.29 is 14.3 Å². The summed E-state index contributed by atoms with van der Waals surface area (Å²) in [6.07, 6.45) is 0.215. The highest BCUT2D eigenvalue weighted by atomic mass is 79.9. The predicted molar refractivity (Wildman–Crippen MR) is 120 cm³/mol. The topological polar surface area (TPSA) is 59.3 Å². The maximum absolute atomic E-state index is 13.1. The van der Waals surface area contributed by atoms with E-state index >= 15 is 0 Å². The molecule has 2 atom stereocenters. The SMILES string of the molecule is COc1ccc(C(=O)C[C@@H](c2ccc(OC)cc2)[C@@H](C#N)c2ccc(Br)cc2)cc1. The van der Waals surface area contributed by atoms with Crippen molar-refractivity contribution in [1.82, 2.24) is 0 Å². The number of nitrogens with zero attached hydrogens (tertiary/aromatic N) is 1. The first kappa shape index (κ1) is 21.6. The average Bonchev–Trinajstić information content (AvgIpc) is 2.80. The molecule has 0 spiro atoms. The Kier molecular flexibility index (Phi) is 7.26. The van der Waals surface area contributed by atoms with Gasteiger partial charge in [-0.1, -0.05) is 40.2 Å². The lowest BCUT2D eigenvalue weighted by Crippen LogP contribution is -2.15. The average molecular weight is 464 g/mol. The van der Waals surface area contributed by atoms with E-state index in [2.05, 4.69) is 22.0 Å². The molecule has 3 aromatic rings. The van der Waals surface area contributed by atoms with E-state index in [1.807, 2.05) is 48.5 Å². The minimum atomic E-state index is -0.464. The van der Waals surface area contributed by atoms with Gasteiger partial charge < -0.3 is 9.47 Å². The lowest BCUT2D eigenvalue weighted by Gasteiger charge is -2.23. The molecular formula is C25H22BrNO3. The molecule has 5 heteroatoms. The first-order chi connectivity index (χ1) is 14.5. The van der Waals surface area contributed by atoms with Gasteiger partial charge in [0.2, 0.25) is 0 Å². The Morgan fingerprint density at radius 3 is 1.87 bits per heavy atom. The molecule has 0 bridgehead atoms. The van der Waals surface area contributed by atoms with E-state index in [9.17, 15) is 10.1 Å². The fourth-order valence-corrected chi connectivity index (χ4v) is 3.71. The van der Waals surface area contributed by atoms with Crippen molar-refractivity contribution in [3.8, 4) is 17.6 Å². The minimum Gasteiger partial charge on any atom is -0.497 e. The zero-order valence-electron chi connectivity index (χ0n) is 16.8. The predicted octanol–water partition coefficient (Wildman–Crippen LogP) is 6.13. The number of nitriles is 1. The maximum atomic E-state index is 13.1. The molecule has 0 saturated carbocycles. The van der Waals surface area contributed by atoms with Gasteiger partial charge in [0.05, 0.1) is 26.2 Å². The Morgan fingerprint density at radius 2 is 1.37 bits per heavy atom. The summed E-state index contributed by atoms with van der Waals surface area (Å²) in [6, 6.07) is 24.7. The highest BCUT2D eigenvalue weighted by Gasteiger charge is 2.28. The van der Waals surface area contributed by atoms with Crippen LogP contribution in [0.25, 0.3) is 0 Å². The highest BCUT2D eigenvalue weighted by Crippen LogP contribution is 2.37. The van der Waals surface area contributed by atoms with Gasteiger partial charge >= 0.3 is 0 Å². The van der Waals surface area contributed by atoms with Crippen LogP contribution in [0.4, 0.5) is 0 Å². The van der Waals surface area contributed by atoms with Crippen LogP contribution in [0.1, 0.15) is 39.7 Å². The van der Waals surface area contributed by atoms with Gasteiger partial charge in [-0.15, -0.1) is 0 Å². The molecule has 0 unspecified atom stereocenters. The Hall–Kier alpha value is -3.10. The third-order valence-corrected chi connectivity index (χ3v) is 5.66. The van der Waals surface area contributed by atoms with Crippen LogP contribution in [0.5, 0.6) is 11.5 Å². The number of Topliss-reactive ketones (excluding diaryl/α,β-unsaturated/α-hetero) is 1. The first-order valence-corrected chi connectivity index (χ1v) is 10.3. The molecule has 3 aromatic carbocycles. The van der Waals surface area contributed by atoms with Gasteiger partial charge in [-0.2, -0.15) is 5.26 Å². The molecule has 30 heavy (non-hydrogen) atoms. The molecule has 0 aliphatic carbocycles. The lowest BCUT2D eigenvalue weighted by molar-refractivity contribution is 0.0971. The summed E-state index contributed by atoms with van der Waals surface area (Å²) in [5.74, 6) is 0.653. The summed E-state index contributed by atoms with van der Waals surface area (Å²) in [4.78, 5) is 13.1. The third-order valence-electron chi connectivity index (χ3n) is 5.13. The molecule has 0 fully saturated rings. The number of hydrogen-bond donors (Lipinski definition) is 0. The van der Waals surface area contributed by atoms with Crippen LogP contribution >= 0.6 is 15.9 Å². The number of ether oxygens (including phenoxy) is 2. The van der Waals surface area contributed by atoms with Crippen molar-refractivity contribution in [3.05, 3.63) is 94.0 Å². The van der Waals surface area contributed by atoms with E-state index in [1.165, 1.54) is 0 Å². The Labute approximate surface area is 185 Å². The number of carbonyl (C=O) groups is 1. The second-order valence-electron chi connectivity index (χ2n) is 6.89. The second-order valence-corrected chi connectivity index (χ2v) is 7.81. The standard InChI is InChI=1S/C25H22BrNO3/c1-29-21-11-5-17(6-12-21)23(24(16-27)18-3-9-20(26)10-4-18)15-25(28)19-7-13-22(30-2)14-8-19/h3-14,23-24H,15H2,1-2H3/t23-,24-/m0/s1. The summed E-state index contributed by atoms with van der Waals surface area (Å²) in [6.45, 7) is 0. The Balaban J connectivity index is 1.96. The van der Waals surface area contributed by atoms with E-state index in [0.29, 0.717) is 11.3 Å². The molecule has 0 heterocycles. The molecule has 0 saturated heterocycles. The smallest absolute Gasteiger partial charge is 0.163 e. The van der Waals surface area contributed by atoms with Gasteiger partial charge in [-0.3, -0.25) is 4.79 Å². The van der Waals surface area contributed by atoms with Gasteiger partial charge in [0, 0.05) is 22.4 Å². The normalized spacial score (nSPS) is 12.5. The molecule has 0 aliphatic rings. The van der Waals surface area contributed by atoms with E-state index in [0.717, 1.165) is 21.3 Å². The number of carbonyl (C=O) groups excluding carboxylic acids is 1. The van der Waals surface area contributed by atoms with Gasteiger partial charge in [0.15, 0.2) is 5.78 Å². The number of benzene rings is 3. The van der Waals surface area contributed by atoms with Gasteiger partial charge in [0.1, 0.15) is 11.5 Å². The molecule has 0 aliphatic heterocycles. The van der Waals surface area contributed by atoms with Crippen molar-refractivity contribution in [2.24, 2.45) is 0 Å². The highest BCUT2D eigenvalue weighted by molar-refractivity contribution is 9.10. The Bertz CT molecular complexity index is 1020. The molecule has 4 nitrogen and oxygen atoms in total. The fraction of sp³-hybridized carbons (Fsp3) is 0.200. The summed E-state index contributed by atoms with van der Waals surface area (Å²) in [5.41, 5.74) is 2.40. The third kappa shape index (κ3) is 5.08. The summed E-state index contributed by atoms with van der Waals surface area (Å²) in [7, 11) is 3.20. The molecule has 0 N–H and O–H groups in total. The zero-order valence-corrected chi connectivity index (χ0v) is 18.4. The maximum Gasteiger partial charge on any atom is 0.163 e. The zero-order chi connectivity index (χ0) is 21.5. The van der Waals surface area contributed by atoms with Crippen molar-refractivity contribution in [3.63, 3.8) is 0 Å². The largest absolute Gasteiger partial charge is 0.497 e. The quantitative estimate of drug-likeness (QED) is 0.377. The number of halogens is 1. The first-order valence-electron chi connectivity index (χ1n) is 9.52.